The standard InChI is InChI=1S/C5H13O14P3/c6-3-2(17-5(8)4(3)7)1-16-21(12,13)19-22(14,15)18-20(9,10)11/h2-8H,1H2,(H,12,13)(H,14,15)(H2,9,10,11)/t2-,3-,4+,5-/m1/s1. The van der Waals surface area contributed by atoms with Gasteiger partial charge in [-0.05, 0) is 0 Å². The van der Waals surface area contributed by atoms with Crippen molar-refractivity contribution in [1.82, 2.24) is 0 Å². The van der Waals surface area contributed by atoms with Crippen LogP contribution in [0.15, 0.2) is 0 Å². The van der Waals surface area contributed by atoms with Crippen molar-refractivity contribution in [1.29, 1.82) is 0 Å². The Kier molecular flexibility index (Phi) is 6.47. The molecule has 22 heavy (non-hydrogen) atoms. The highest BCUT2D eigenvalue weighted by Gasteiger charge is 2.45. The zero-order valence-electron chi connectivity index (χ0n) is 10.3. The predicted octanol–water partition coefficient (Wildman–Crippen LogP) is -2.23. The van der Waals surface area contributed by atoms with Gasteiger partial charge in [0.25, 0.3) is 0 Å². The van der Waals surface area contributed by atoms with Gasteiger partial charge in [-0.25, -0.2) is 13.7 Å². The fourth-order valence-corrected chi connectivity index (χ4v) is 4.37. The third-order valence-corrected chi connectivity index (χ3v) is 5.96. The van der Waals surface area contributed by atoms with Crippen molar-refractivity contribution in [3.63, 3.8) is 0 Å². The normalized spacial score (nSPS) is 35.0. The third kappa shape index (κ3) is 6.40. The van der Waals surface area contributed by atoms with E-state index in [0.717, 1.165) is 0 Å². The van der Waals surface area contributed by atoms with Crippen LogP contribution in [-0.4, -0.2) is 66.1 Å². The largest absolute Gasteiger partial charge is 0.490 e. The number of rotatable bonds is 7. The van der Waals surface area contributed by atoms with Crippen LogP contribution in [0, 0.1) is 0 Å². The highest BCUT2D eigenvalue weighted by Crippen LogP contribution is 2.66. The molecular formula is C5H13O14P3. The van der Waals surface area contributed by atoms with Gasteiger partial charge in [-0.3, -0.25) is 4.52 Å². The smallest absolute Gasteiger partial charge is 0.387 e. The van der Waals surface area contributed by atoms with Gasteiger partial charge < -0.3 is 39.6 Å². The fraction of sp³-hybridized carbons (Fsp3) is 1.00. The molecule has 0 bridgehead atoms. The van der Waals surface area contributed by atoms with Crippen molar-refractivity contribution >= 4 is 23.5 Å². The molecule has 0 radical (unpaired) electrons. The molecule has 0 saturated carbocycles. The highest BCUT2D eigenvalue weighted by molar-refractivity contribution is 7.66. The second kappa shape index (κ2) is 7.01. The second-order valence-electron chi connectivity index (χ2n) is 3.93. The summed E-state index contributed by atoms with van der Waals surface area (Å²) in [6.07, 6.45) is -6.67. The van der Waals surface area contributed by atoms with Crippen molar-refractivity contribution in [2.75, 3.05) is 6.61 Å². The van der Waals surface area contributed by atoms with Crippen LogP contribution in [0.2, 0.25) is 0 Å². The number of ether oxygens (including phenoxy) is 1. The van der Waals surface area contributed by atoms with Gasteiger partial charge in [0.05, 0.1) is 6.61 Å². The molecule has 7 N–H and O–H groups in total. The fourth-order valence-electron chi connectivity index (χ4n) is 1.34. The van der Waals surface area contributed by atoms with Crippen molar-refractivity contribution in [3.8, 4) is 0 Å². The quantitative estimate of drug-likeness (QED) is 0.228. The molecular weight excluding hydrogens is 377 g/mol. The van der Waals surface area contributed by atoms with Gasteiger partial charge in [0, 0.05) is 0 Å². The van der Waals surface area contributed by atoms with Crippen LogP contribution in [0.4, 0.5) is 0 Å². The van der Waals surface area contributed by atoms with E-state index in [9.17, 15) is 18.8 Å². The SMILES string of the molecule is O=P(O)(O)OP(=O)(O)OP(=O)(O)OC[C@H]1O[C@@H](O)[C@@H](O)[C@@H]1O. The molecule has 1 rings (SSSR count). The lowest BCUT2D eigenvalue weighted by Crippen LogP contribution is -2.34. The average molecular weight is 390 g/mol. The number of phosphoric ester groups is 1. The Morgan fingerprint density at radius 3 is 1.82 bits per heavy atom. The molecule has 2 unspecified atom stereocenters. The average Bonchev–Trinajstić information content (AvgIpc) is 2.49. The van der Waals surface area contributed by atoms with Gasteiger partial charge in [-0.2, -0.15) is 8.62 Å². The molecule has 0 aliphatic carbocycles. The molecule has 0 aromatic carbocycles. The first kappa shape index (κ1) is 20.3. The summed E-state index contributed by atoms with van der Waals surface area (Å²) >= 11 is 0. The minimum Gasteiger partial charge on any atom is -0.387 e. The predicted molar refractivity (Wildman–Crippen MR) is 62.7 cm³/mol. The lowest BCUT2D eigenvalue weighted by Gasteiger charge is -2.18. The molecule has 1 saturated heterocycles. The van der Waals surface area contributed by atoms with Gasteiger partial charge in [0.1, 0.15) is 18.3 Å². The molecule has 0 aromatic rings. The minimum absolute atomic E-state index is 0.973. The molecule has 0 aromatic heterocycles. The molecule has 0 spiro atoms. The molecule has 0 amide bonds. The summed E-state index contributed by atoms with van der Waals surface area (Å²) < 4.78 is 48.3. The van der Waals surface area contributed by atoms with Crippen molar-refractivity contribution in [2.45, 2.75) is 24.6 Å². The molecule has 1 fully saturated rings. The molecule has 132 valence electrons. The van der Waals surface area contributed by atoms with Gasteiger partial charge in [-0.1, -0.05) is 0 Å². The van der Waals surface area contributed by atoms with Crippen LogP contribution >= 0.6 is 23.5 Å². The van der Waals surface area contributed by atoms with E-state index >= 15 is 0 Å². The Labute approximate surface area is 122 Å². The van der Waals surface area contributed by atoms with Gasteiger partial charge in [-0.15, -0.1) is 0 Å². The minimum atomic E-state index is -5.64. The summed E-state index contributed by atoms with van der Waals surface area (Å²) in [6.45, 7) is -0.973. The summed E-state index contributed by atoms with van der Waals surface area (Å²) in [5.74, 6) is 0. The van der Waals surface area contributed by atoms with E-state index in [1.165, 1.54) is 0 Å². The lowest BCUT2D eigenvalue weighted by atomic mass is 10.1. The van der Waals surface area contributed by atoms with E-state index in [1.54, 1.807) is 0 Å². The Bertz CT molecular complexity index is 527. The van der Waals surface area contributed by atoms with Gasteiger partial charge >= 0.3 is 23.5 Å². The lowest BCUT2D eigenvalue weighted by molar-refractivity contribution is -0.132. The molecule has 1 aliphatic heterocycles. The van der Waals surface area contributed by atoms with Gasteiger partial charge in [0.15, 0.2) is 6.29 Å². The van der Waals surface area contributed by atoms with E-state index < -0.39 is 54.7 Å². The summed E-state index contributed by atoms with van der Waals surface area (Å²) in [5, 5.41) is 27.5. The molecule has 1 aliphatic rings. The Hall–Kier alpha value is 0.250. The maximum absolute atomic E-state index is 11.3. The van der Waals surface area contributed by atoms with Crippen LogP contribution in [0.5, 0.6) is 0 Å². The van der Waals surface area contributed by atoms with E-state index in [2.05, 4.69) is 17.9 Å². The monoisotopic (exact) mass is 390 g/mol. The first-order valence-electron chi connectivity index (χ1n) is 5.20. The van der Waals surface area contributed by atoms with Crippen molar-refractivity contribution in [2.24, 2.45) is 0 Å². The Morgan fingerprint density at radius 2 is 1.41 bits per heavy atom. The zero-order chi connectivity index (χ0) is 17.3. The zero-order valence-corrected chi connectivity index (χ0v) is 13.0. The number of aliphatic hydroxyl groups is 3. The van der Waals surface area contributed by atoms with Crippen molar-refractivity contribution < 1.29 is 66.5 Å². The van der Waals surface area contributed by atoms with Crippen LogP contribution in [0.3, 0.4) is 0 Å². The number of hydrogen-bond donors (Lipinski definition) is 7. The van der Waals surface area contributed by atoms with Crippen molar-refractivity contribution in [3.05, 3.63) is 0 Å². The first-order chi connectivity index (χ1) is 9.72. The summed E-state index contributed by atoms with van der Waals surface area (Å²) in [7, 11) is -16.5. The number of aliphatic hydroxyl groups excluding tert-OH is 3. The number of hydrogen-bond acceptors (Lipinski definition) is 10. The summed E-state index contributed by atoms with van der Waals surface area (Å²) in [6, 6.07) is 0. The maximum Gasteiger partial charge on any atom is 0.490 e. The van der Waals surface area contributed by atoms with E-state index in [0.29, 0.717) is 0 Å². The first-order valence-corrected chi connectivity index (χ1v) is 9.72. The van der Waals surface area contributed by atoms with Crippen LogP contribution in [-0.2, 0) is 31.6 Å². The summed E-state index contributed by atoms with van der Waals surface area (Å²) in [4.78, 5) is 34.6. The molecule has 17 heteroatoms. The second-order valence-corrected chi connectivity index (χ2v) is 8.35. The topological polar surface area (TPSA) is 230 Å². The summed E-state index contributed by atoms with van der Waals surface area (Å²) in [5.41, 5.74) is 0. The van der Waals surface area contributed by atoms with Crippen LogP contribution in [0.25, 0.3) is 0 Å². The van der Waals surface area contributed by atoms with E-state index in [1.807, 2.05) is 0 Å². The Balaban J connectivity index is 2.60. The Morgan fingerprint density at radius 1 is 0.864 bits per heavy atom. The number of phosphoric acid groups is 3. The molecule has 14 nitrogen and oxygen atoms in total. The maximum atomic E-state index is 11.3. The van der Waals surface area contributed by atoms with Gasteiger partial charge in [0.2, 0.25) is 0 Å². The molecule has 1 heterocycles. The van der Waals surface area contributed by atoms with Crippen LogP contribution < -0.4 is 0 Å². The molecule has 6 atom stereocenters. The van der Waals surface area contributed by atoms with Crippen LogP contribution in [0.1, 0.15) is 0 Å². The van der Waals surface area contributed by atoms with E-state index in [4.69, 9.17) is 29.8 Å². The highest BCUT2D eigenvalue weighted by atomic mass is 31.3. The van der Waals surface area contributed by atoms with E-state index in [-0.39, 0.29) is 0 Å². The third-order valence-electron chi connectivity index (χ3n) is 2.16.